The minimum absolute atomic E-state index is 0.232. The minimum Gasteiger partial charge on any atom is -0.480 e. The molecule has 0 aliphatic carbocycles. The van der Waals surface area contributed by atoms with E-state index >= 15 is 0 Å². The van der Waals surface area contributed by atoms with Gasteiger partial charge in [-0.05, 0) is 0 Å². The van der Waals surface area contributed by atoms with Crippen LogP contribution in [0.15, 0.2) is 0 Å². The van der Waals surface area contributed by atoms with Crippen molar-refractivity contribution in [2.24, 2.45) is 0 Å². The SMILES string of the molecule is COCC(O)CN1CCNCC1C(=O)O. The summed E-state index contributed by atoms with van der Waals surface area (Å²) < 4.78 is 4.80. The van der Waals surface area contributed by atoms with Crippen molar-refractivity contribution < 1.29 is 19.7 Å². The number of methoxy groups -OCH3 is 1. The molecular formula is C9H18N2O4. The molecule has 1 saturated heterocycles. The van der Waals surface area contributed by atoms with Crippen LogP contribution in [0.25, 0.3) is 0 Å². The van der Waals surface area contributed by atoms with Crippen molar-refractivity contribution in [1.29, 1.82) is 0 Å². The molecule has 0 spiro atoms. The largest absolute Gasteiger partial charge is 0.480 e. The number of hydrogen-bond acceptors (Lipinski definition) is 5. The molecule has 1 fully saturated rings. The number of nitrogens with one attached hydrogen (secondary N) is 1. The topological polar surface area (TPSA) is 82.0 Å². The lowest BCUT2D eigenvalue weighted by atomic mass is 10.1. The Labute approximate surface area is 88.8 Å². The summed E-state index contributed by atoms with van der Waals surface area (Å²) in [5.74, 6) is -0.855. The average molecular weight is 218 g/mol. The fourth-order valence-electron chi connectivity index (χ4n) is 1.72. The van der Waals surface area contributed by atoms with E-state index in [1.807, 2.05) is 0 Å². The number of piperazine rings is 1. The first-order valence-electron chi connectivity index (χ1n) is 4.99. The third kappa shape index (κ3) is 3.75. The molecule has 1 aliphatic rings. The Morgan fingerprint density at radius 1 is 1.73 bits per heavy atom. The summed E-state index contributed by atoms with van der Waals surface area (Å²) in [7, 11) is 1.51. The third-order valence-electron chi connectivity index (χ3n) is 2.44. The molecule has 0 amide bonds. The molecule has 1 aliphatic heterocycles. The van der Waals surface area contributed by atoms with Crippen LogP contribution < -0.4 is 5.32 Å². The molecule has 0 radical (unpaired) electrons. The highest BCUT2D eigenvalue weighted by Gasteiger charge is 2.29. The fourth-order valence-corrected chi connectivity index (χ4v) is 1.72. The lowest BCUT2D eigenvalue weighted by Crippen LogP contribution is -2.56. The number of carbonyl (C=O) groups is 1. The van der Waals surface area contributed by atoms with Crippen molar-refractivity contribution in [3.05, 3.63) is 0 Å². The van der Waals surface area contributed by atoms with Gasteiger partial charge in [-0.2, -0.15) is 0 Å². The monoisotopic (exact) mass is 218 g/mol. The molecule has 1 rings (SSSR count). The highest BCUT2D eigenvalue weighted by atomic mass is 16.5. The Balaban J connectivity index is 2.45. The third-order valence-corrected chi connectivity index (χ3v) is 2.44. The van der Waals surface area contributed by atoms with E-state index in [1.54, 1.807) is 4.90 Å². The number of carboxylic acids is 1. The summed E-state index contributed by atoms with van der Waals surface area (Å²) in [6.07, 6.45) is -0.630. The maximum Gasteiger partial charge on any atom is 0.322 e. The number of carboxylic acid groups (broad SMARTS) is 1. The molecule has 0 aromatic rings. The Bertz CT molecular complexity index is 212. The maximum atomic E-state index is 10.9. The summed E-state index contributed by atoms with van der Waals surface area (Å²) in [6.45, 7) is 2.39. The van der Waals surface area contributed by atoms with Crippen LogP contribution in [0.2, 0.25) is 0 Å². The van der Waals surface area contributed by atoms with Crippen molar-refractivity contribution in [3.8, 4) is 0 Å². The van der Waals surface area contributed by atoms with Gasteiger partial charge in [0.25, 0.3) is 0 Å². The Morgan fingerprint density at radius 2 is 2.47 bits per heavy atom. The molecule has 0 saturated carbocycles. The normalized spacial score (nSPS) is 25.1. The molecule has 2 atom stereocenters. The second kappa shape index (κ2) is 6.02. The van der Waals surface area contributed by atoms with Gasteiger partial charge < -0.3 is 20.3 Å². The van der Waals surface area contributed by atoms with Gasteiger partial charge in [-0.1, -0.05) is 0 Å². The molecule has 0 aromatic carbocycles. The zero-order chi connectivity index (χ0) is 11.3. The number of rotatable bonds is 5. The summed E-state index contributed by atoms with van der Waals surface area (Å²) in [5.41, 5.74) is 0. The van der Waals surface area contributed by atoms with Crippen LogP contribution in [0.1, 0.15) is 0 Å². The standard InChI is InChI=1S/C9H18N2O4/c1-15-6-7(12)5-11-3-2-10-4-8(11)9(13)14/h7-8,10,12H,2-6H2,1H3,(H,13,14). The summed E-state index contributed by atoms with van der Waals surface area (Å²) in [4.78, 5) is 12.7. The molecule has 3 N–H and O–H groups in total. The molecule has 1 heterocycles. The minimum atomic E-state index is -0.855. The second-order valence-electron chi connectivity index (χ2n) is 3.66. The number of aliphatic hydroxyl groups excluding tert-OH is 1. The fraction of sp³-hybridized carbons (Fsp3) is 0.889. The highest BCUT2D eigenvalue weighted by molar-refractivity contribution is 5.73. The van der Waals surface area contributed by atoms with Crippen molar-refractivity contribution in [3.63, 3.8) is 0 Å². The van der Waals surface area contributed by atoms with Gasteiger partial charge in [0, 0.05) is 33.3 Å². The van der Waals surface area contributed by atoms with Crippen LogP contribution >= 0.6 is 0 Å². The second-order valence-corrected chi connectivity index (χ2v) is 3.66. The molecule has 15 heavy (non-hydrogen) atoms. The highest BCUT2D eigenvalue weighted by Crippen LogP contribution is 2.04. The quantitative estimate of drug-likeness (QED) is 0.513. The van der Waals surface area contributed by atoms with Gasteiger partial charge >= 0.3 is 5.97 Å². The smallest absolute Gasteiger partial charge is 0.322 e. The Kier molecular flexibility index (Phi) is 4.97. The first-order valence-corrected chi connectivity index (χ1v) is 4.99. The predicted molar refractivity (Wildman–Crippen MR) is 53.7 cm³/mol. The van der Waals surface area contributed by atoms with Gasteiger partial charge in [0.15, 0.2) is 0 Å². The number of ether oxygens (including phenoxy) is 1. The van der Waals surface area contributed by atoms with Gasteiger partial charge in [-0.3, -0.25) is 9.69 Å². The summed E-state index contributed by atoms with van der Waals surface area (Å²) in [5, 5.41) is 21.5. The lowest BCUT2D eigenvalue weighted by Gasteiger charge is -2.34. The molecule has 88 valence electrons. The Morgan fingerprint density at radius 3 is 3.07 bits per heavy atom. The van der Waals surface area contributed by atoms with Gasteiger partial charge in [-0.25, -0.2) is 0 Å². The van der Waals surface area contributed by atoms with Crippen LogP contribution in [0.5, 0.6) is 0 Å². The van der Waals surface area contributed by atoms with Crippen LogP contribution in [-0.2, 0) is 9.53 Å². The number of hydrogen-bond donors (Lipinski definition) is 3. The zero-order valence-corrected chi connectivity index (χ0v) is 8.85. The molecule has 6 heteroatoms. The number of aliphatic carboxylic acids is 1. The van der Waals surface area contributed by atoms with Crippen LogP contribution in [0.3, 0.4) is 0 Å². The van der Waals surface area contributed by atoms with Crippen molar-refractivity contribution in [2.45, 2.75) is 12.1 Å². The van der Waals surface area contributed by atoms with Crippen LogP contribution in [0, 0.1) is 0 Å². The van der Waals surface area contributed by atoms with E-state index in [4.69, 9.17) is 9.84 Å². The van der Waals surface area contributed by atoms with E-state index in [0.29, 0.717) is 19.6 Å². The predicted octanol–water partition coefficient (Wildman–Crippen LogP) is -1.65. The van der Waals surface area contributed by atoms with E-state index in [2.05, 4.69) is 5.32 Å². The summed E-state index contributed by atoms with van der Waals surface area (Å²) >= 11 is 0. The molecule has 2 unspecified atom stereocenters. The van der Waals surface area contributed by atoms with Gasteiger partial charge in [-0.15, -0.1) is 0 Å². The Hall–Kier alpha value is -0.690. The van der Waals surface area contributed by atoms with E-state index in [9.17, 15) is 9.90 Å². The number of nitrogens with zero attached hydrogens (tertiary/aromatic N) is 1. The van der Waals surface area contributed by atoms with Gasteiger partial charge in [0.1, 0.15) is 6.04 Å². The molecular weight excluding hydrogens is 200 g/mol. The molecule has 0 bridgehead atoms. The number of β-amino-alcohol motifs (C(OH)–C–C–N with tert-alkyl or cyclic N) is 1. The lowest BCUT2D eigenvalue weighted by molar-refractivity contribution is -0.144. The van der Waals surface area contributed by atoms with Crippen LogP contribution in [0.4, 0.5) is 0 Å². The van der Waals surface area contributed by atoms with Gasteiger partial charge in [0.2, 0.25) is 0 Å². The van der Waals surface area contributed by atoms with Gasteiger partial charge in [0.05, 0.1) is 12.7 Å². The van der Waals surface area contributed by atoms with E-state index < -0.39 is 18.1 Å². The number of aliphatic hydroxyl groups is 1. The van der Waals surface area contributed by atoms with Crippen molar-refractivity contribution in [1.82, 2.24) is 10.2 Å². The van der Waals surface area contributed by atoms with Crippen molar-refractivity contribution in [2.75, 3.05) is 39.9 Å². The van der Waals surface area contributed by atoms with E-state index in [-0.39, 0.29) is 6.61 Å². The zero-order valence-electron chi connectivity index (χ0n) is 8.85. The summed E-state index contributed by atoms with van der Waals surface area (Å²) in [6, 6.07) is -0.551. The molecule has 6 nitrogen and oxygen atoms in total. The average Bonchev–Trinajstić information content (AvgIpc) is 2.18. The van der Waals surface area contributed by atoms with Crippen LogP contribution in [-0.4, -0.2) is 73.1 Å². The molecule has 0 aromatic heterocycles. The van der Waals surface area contributed by atoms with E-state index in [0.717, 1.165) is 6.54 Å². The first kappa shape index (κ1) is 12.4. The van der Waals surface area contributed by atoms with Crippen molar-refractivity contribution >= 4 is 5.97 Å². The first-order chi connectivity index (χ1) is 7.15. The van der Waals surface area contributed by atoms with E-state index in [1.165, 1.54) is 7.11 Å². The maximum absolute atomic E-state index is 10.9.